The van der Waals surface area contributed by atoms with Crippen molar-refractivity contribution in [3.63, 3.8) is 0 Å². The summed E-state index contributed by atoms with van der Waals surface area (Å²) < 4.78 is 17.1. The van der Waals surface area contributed by atoms with Gasteiger partial charge in [-0.1, -0.05) is 18.2 Å². The molecule has 1 aliphatic heterocycles. The standard InChI is InChI=1S/C19H20FN7O2/c1-12-9-26-8-7-15(18(29)25(2)19(26)22-12)23-17(28)16-21-11-27(24-16)10-13-5-3-4-6-14(13)20/h3-6,9,11,15H,7-8,10H2,1-2H3,(H,23,28)/t15-/m1/s1. The van der Waals surface area contributed by atoms with Crippen LogP contribution in [-0.2, 0) is 17.9 Å². The molecule has 10 heteroatoms. The number of aromatic nitrogens is 5. The zero-order valence-electron chi connectivity index (χ0n) is 16.0. The van der Waals surface area contributed by atoms with Crippen molar-refractivity contribution in [2.24, 2.45) is 0 Å². The van der Waals surface area contributed by atoms with Crippen LogP contribution in [0.4, 0.5) is 10.3 Å². The van der Waals surface area contributed by atoms with Gasteiger partial charge in [0.25, 0.3) is 11.8 Å². The van der Waals surface area contributed by atoms with Crippen LogP contribution in [0.25, 0.3) is 0 Å². The maximum atomic E-state index is 13.8. The lowest BCUT2D eigenvalue weighted by Gasteiger charge is -2.19. The van der Waals surface area contributed by atoms with E-state index in [9.17, 15) is 14.0 Å². The molecule has 0 fully saturated rings. The second-order valence-corrected chi connectivity index (χ2v) is 6.94. The Labute approximate surface area is 166 Å². The molecule has 2 aromatic heterocycles. The number of amides is 2. The quantitative estimate of drug-likeness (QED) is 0.712. The third-order valence-electron chi connectivity index (χ3n) is 4.80. The van der Waals surface area contributed by atoms with Crippen LogP contribution in [0.5, 0.6) is 0 Å². The number of hydrogen-bond acceptors (Lipinski definition) is 5. The molecule has 9 nitrogen and oxygen atoms in total. The van der Waals surface area contributed by atoms with Crippen LogP contribution in [0, 0.1) is 12.7 Å². The average molecular weight is 397 g/mol. The summed E-state index contributed by atoms with van der Waals surface area (Å²) in [7, 11) is 1.63. The number of imidazole rings is 1. The lowest BCUT2D eigenvalue weighted by molar-refractivity contribution is -0.120. The van der Waals surface area contributed by atoms with E-state index in [4.69, 9.17) is 0 Å². The second-order valence-electron chi connectivity index (χ2n) is 6.94. The molecule has 3 heterocycles. The number of carbonyl (C=O) groups is 2. The van der Waals surface area contributed by atoms with Gasteiger partial charge in [-0.05, 0) is 19.4 Å². The maximum Gasteiger partial charge on any atom is 0.291 e. The summed E-state index contributed by atoms with van der Waals surface area (Å²) in [5.74, 6) is -0.687. The van der Waals surface area contributed by atoms with E-state index in [0.29, 0.717) is 24.5 Å². The van der Waals surface area contributed by atoms with Gasteiger partial charge in [-0.3, -0.25) is 14.5 Å². The molecule has 1 N–H and O–H groups in total. The molecule has 0 saturated carbocycles. The largest absolute Gasteiger partial charge is 0.337 e. The highest BCUT2D eigenvalue weighted by molar-refractivity contribution is 6.00. The van der Waals surface area contributed by atoms with Crippen LogP contribution in [0.2, 0.25) is 0 Å². The van der Waals surface area contributed by atoms with Gasteiger partial charge in [0.05, 0.1) is 12.2 Å². The van der Waals surface area contributed by atoms with Gasteiger partial charge in [-0.2, -0.15) is 0 Å². The summed E-state index contributed by atoms with van der Waals surface area (Å²) in [6, 6.07) is 5.62. The fourth-order valence-corrected chi connectivity index (χ4v) is 3.32. The number of likely N-dealkylation sites (N-methyl/N-ethyl adjacent to an activating group) is 1. The Morgan fingerprint density at radius 2 is 2.14 bits per heavy atom. The Morgan fingerprint density at radius 3 is 2.93 bits per heavy atom. The average Bonchev–Trinajstić information content (AvgIpc) is 3.30. The van der Waals surface area contributed by atoms with Crippen LogP contribution in [0.15, 0.2) is 36.8 Å². The van der Waals surface area contributed by atoms with Gasteiger partial charge in [0.2, 0.25) is 11.8 Å². The summed E-state index contributed by atoms with van der Waals surface area (Å²) in [6.45, 7) is 2.56. The van der Waals surface area contributed by atoms with Gasteiger partial charge in [-0.15, -0.1) is 5.10 Å². The topological polar surface area (TPSA) is 97.9 Å². The summed E-state index contributed by atoms with van der Waals surface area (Å²) in [6.07, 6.45) is 3.66. The minimum Gasteiger partial charge on any atom is -0.337 e. The number of rotatable bonds is 4. The summed E-state index contributed by atoms with van der Waals surface area (Å²) in [5, 5.41) is 6.80. The van der Waals surface area contributed by atoms with E-state index >= 15 is 0 Å². The first-order valence-corrected chi connectivity index (χ1v) is 9.17. The number of nitrogens with one attached hydrogen (secondary N) is 1. The number of fused-ring (bicyclic) bond motifs is 1. The molecular formula is C19H20FN7O2. The molecule has 3 aromatic rings. The highest BCUT2D eigenvalue weighted by Crippen LogP contribution is 2.19. The molecule has 0 spiro atoms. The molecule has 1 atom stereocenters. The predicted molar refractivity (Wildman–Crippen MR) is 102 cm³/mol. The fourth-order valence-electron chi connectivity index (χ4n) is 3.32. The summed E-state index contributed by atoms with van der Waals surface area (Å²) in [5.41, 5.74) is 1.27. The van der Waals surface area contributed by atoms with Crippen LogP contribution < -0.4 is 10.2 Å². The molecule has 29 heavy (non-hydrogen) atoms. The zero-order valence-corrected chi connectivity index (χ0v) is 16.0. The Hall–Kier alpha value is -3.56. The number of benzene rings is 1. The van der Waals surface area contributed by atoms with Gasteiger partial charge in [-0.25, -0.2) is 19.0 Å². The van der Waals surface area contributed by atoms with Crippen LogP contribution in [0.3, 0.4) is 0 Å². The molecule has 4 rings (SSSR count). The summed E-state index contributed by atoms with van der Waals surface area (Å²) >= 11 is 0. The summed E-state index contributed by atoms with van der Waals surface area (Å²) in [4.78, 5) is 35.1. The molecule has 1 aromatic carbocycles. The van der Waals surface area contributed by atoms with Gasteiger partial charge in [0, 0.05) is 25.4 Å². The molecule has 150 valence electrons. The Bertz CT molecular complexity index is 1070. The number of carbonyl (C=O) groups excluding carboxylic acids is 2. The zero-order chi connectivity index (χ0) is 20.5. The second kappa shape index (κ2) is 7.46. The van der Waals surface area contributed by atoms with Crippen molar-refractivity contribution in [3.05, 3.63) is 59.7 Å². The van der Waals surface area contributed by atoms with Crippen molar-refractivity contribution in [1.82, 2.24) is 29.6 Å². The van der Waals surface area contributed by atoms with Crippen molar-refractivity contribution >= 4 is 17.8 Å². The van der Waals surface area contributed by atoms with E-state index in [1.54, 1.807) is 25.2 Å². The molecule has 0 bridgehead atoms. The Morgan fingerprint density at radius 1 is 1.34 bits per heavy atom. The minimum atomic E-state index is -0.715. The third kappa shape index (κ3) is 3.73. The molecule has 0 saturated heterocycles. The van der Waals surface area contributed by atoms with Crippen molar-refractivity contribution in [2.75, 3.05) is 11.9 Å². The van der Waals surface area contributed by atoms with Gasteiger partial charge >= 0.3 is 0 Å². The lowest BCUT2D eigenvalue weighted by Crippen LogP contribution is -2.47. The van der Waals surface area contributed by atoms with E-state index in [1.807, 2.05) is 17.7 Å². The molecule has 0 aliphatic carbocycles. The van der Waals surface area contributed by atoms with Crippen molar-refractivity contribution < 1.29 is 14.0 Å². The molecule has 2 amide bonds. The van der Waals surface area contributed by atoms with Gasteiger partial charge in [0.1, 0.15) is 18.2 Å². The number of aryl methyl sites for hydroxylation is 2. The fraction of sp³-hybridized carbons (Fsp3) is 0.316. The number of halogens is 1. The Balaban J connectivity index is 1.44. The minimum absolute atomic E-state index is 0.0744. The lowest BCUT2D eigenvalue weighted by atomic mass is 10.2. The first-order valence-electron chi connectivity index (χ1n) is 9.17. The SMILES string of the molecule is Cc1cn2c(n1)N(C)C(=O)[C@H](NC(=O)c1ncn(Cc3ccccc3F)n1)CC2. The van der Waals surface area contributed by atoms with Crippen LogP contribution >= 0.6 is 0 Å². The molecule has 0 radical (unpaired) electrons. The van der Waals surface area contributed by atoms with E-state index < -0.39 is 11.9 Å². The van der Waals surface area contributed by atoms with E-state index in [0.717, 1.165) is 5.69 Å². The van der Waals surface area contributed by atoms with Crippen molar-refractivity contribution in [3.8, 4) is 0 Å². The van der Waals surface area contributed by atoms with Gasteiger partial charge < -0.3 is 9.88 Å². The van der Waals surface area contributed by atoms with Gasteiger partial charge in [0.15, 0.2) is 0 Å². The predicted octanol–water partition coefficient (Wildman–Crippen LogP) is 1.14. The number of anilines is 1. The normalized spacial score (nSPS) is 16.4. The van der Waals surface area contributed by atoms with E-state index in [1.165, 1.54) is 22.0 Å². The number of nitrogens with zero attached hydrogens (tertiary/aromatic N) is 6. The molecule has 0 unspecified atom stereocenters. The molecular weight excluding hydrogens is 377 g/mol. The van der Waals surface area contributed by atoms with Crippen molar-refractivity contribution in [2.45, 2.75) is 32.5 Å². The first kappa shape index (κ1) is 18.8. The highest BCUT2D eigenvalue weighted by atomic mass is 19.1. The van der Waals surface area contributed by atoms with Crippen molar-refractivity contribution in [1.29, 1.82) is 0 Å². The monoisotopic (exact) mass is 397 g/mol. The number of hydrogen-bond donors (Lipinski definition) is 1. The van der Waals surface area contributed by atoms with Crippen LogP contribution in [-0.4, -0.2) is 49.2 Å². The van der Waals surface area contributed by atoms with E-state index in [2.05, 4.69) is 20.4 Å². The Kier molecular flexibility index (Phi) is 4.83. The highest BCUT2D eigenvalue weighted by Gasteiger charge is 2.31. The first-order chi connectivity index (χ1) is 13.9. The van der Waals surface area contributed by atoms with E-state index in [-0.39, 0.29) is 24.1 Å². The van der Waals surface area contributed by atoms with Crippen LogP contribution in [0.1, 0.15) is 28.3 Å². The maximum absolute atomic E-state index is 13.8. The smallest absolute Gasteiger partial charge is 0.291 e. The molecule has 1 aliphatic rings. The third-order valence-corrected chi connectivity index (χ3v) is 4.80.